The number of hydrogen-bond acceptors (Lipinski definition) is 3. The first kappa shape index (κ1) is 12.6. The zero-order valence-corrected chi connectivity index (χ0v) is 10.5. The van der Waals surface area contributed by atoms with E-state index in [-0.39, 0.29) is 5.91 Å². The van der Waals surface area contributed by atoms with Crippen LogP contribution in [0.1, 0.15) is 24.8 Å². The largest absolute Gasteiger partial charge is 0.315 e. The lowest BCUT2D eigenvalue weighted by Gasteiger charge is -2.19. The van der Waals surface area contributed by atoms with Crippen LogP contribution in [0.3, 0.4) is 0 Å². The second kappa shape index (κ2) is 5.65. The molecule has 94 valence electrons. The molecule has 1 aliphatic heterocycles. The molecular formula is C14H17N3O. The lowest BCUT2D eigenvalue weighted by molar-refractivity contribution is -0.118. The van der Waals surface area contributed by atoms with Gasteiger partial charge in [-0.1, -0.05) is 0 Å². The molecule has 1 N–H and O–H groups in total. The monoisotopic (exact) mass is 243 g/mol. The van der Waals surface area contributed by atoms with Crippen LogP contribution in [0.5, 0.6) is 0 Å². The molecule has 1 amide bonds. The Kier molecular flexibility index (Phi) is 3.96. The van der Waals surface area contributed by atoms with Gasteiger partial charge in [0.25, 0.3) is 0 Å². The summed E-state index contributed by atoms with van der Waals surface area (Å²) in [5, 5.41) is 12.0. The van der Waals surface area contributed by atoms with Crippen molar-refractivity contribution in [3.05, 3.63) is 29.8 Å². The second-order valence-corrected chi connectivity index (χ2v) is 4.61. The Bertz CT molecular complexity index is 455. The molecule has 1 unspecified atom stereocenters. The molecule has 4 heteroatoms. The highest BCUT2D eigenvalue weighted by atomic mass is 16.2. The van der Waals surface area contributed by atoms with Gasteiger partial charge >= 0.3 is 0 Å². The van der Waals surface area contributed by atoms with Crippen molar-refractivity contribution in [1.29, 1.82) is 5.26 Å². The minimum atomic E-state index is 0.110. The lowest BCUT2D eigenvalue weighted by Crippen LogP contribution is -2.33. The summed E-state index contributed by atoms with van der Waals surface area (Å²) in [7, 11) is 1.78. The molecule has 1 aromatic rings. The molecule has 0 aromatic heterocycles. The Morgan fingerprint density at radius 2 is 2.22 bits per heavy atom. The third kappa shape index (κ3) is 2.88. The van der Waals surface area contributed by atoms with E-state index in [0.29, 0.717) is 18.0 Å². The van der Waals surface area contributed by atoms with Crippen LogP contribution < -0.4 is 10.2 Å². The molecule has 1 aliphatic rings. The molecule has 0 aliphatic carbocycles. The van der Waals surface area contributed by atoms with Gasteiger partial charge in [0.1, 0.15) is 0 Å². The van der Waals surface area contributed by atoms with E-state index < -0.39 is 0 Å². The summed E-state index contributed by atoms with van der Waals surface area (Å²) < 4.78 is 0. The first-order chi connectivity index (χ1) is 8.70. The van der Waals surface area contributed by atoms with Crippen LogP contribution in [-0.4, -0.2) is 25.5 Å². The van der Waals surface area contributed by atoms with Crippen LogP contribution in [-0.2, 0) is 4.79 Å². The summed E-state index contributed by atoms with van der Waals surface area (Å²) in [6.07, 6.45) is 2.77. The summed E-state index contributed by atoms with van der Waals surface area (Å²) in [6, 6.07) is 9.45. The average Bonchev–Trinajstić information content (AvgIpc) is 2.91. The van der Waals surface area contributed by atoms with Crippen molar-refractivity contribution < 1.29 is 4.79 Å². The molecule has 1 atom stereocenters. The molecule has 0 spiro atoms. The highest BCUT2D eigenvalue weighted by Crippen LogP contribution is 2.16. The van der Waals surface area contributed by atoms with Crippen molar-refractivity contribution in [3.8, 4) is 6.07 Å². The van der Waals surface area contributed by atoms with E-state index in [0.717, 1.165) is 25.1 Å². The van der Waals surface area contributed by atoms with Gasteiger partial charge in [0.15, 0.2) is 0 Å². The number of nitriles is 1. The number of nitrogens with zero attached hydrogens (tertiary/aromatic N) is 2. The number of rotatable bonds is 3. The van der Waals surface area contributed by atoms with Crippen molar-refractivity contribution >= 4 is 11.6 Å². The van der Waals surface area contributed by atoms with E-state index in [1.165, 1.54) is 0 Å². The zero-order chi connectivity index (χ0) is 13.0. The maximum Gasteiger partial charge on any atom is 0.228 e. The van der Waals surface area contributed by atoms with Crippen molar-refractivity contribution in [3.63, 3.8) is 0 Å². The average molecular weight is 243 g/mol. The second-order valence-electron chi connectivity index (χ2n) is 4.61. The fourth-order valence-electron chi connectivity index (χ4n) is 2.18. The Morgan fingerprint density at radius 1 is 1.50 bits per heavy atom. The number of anilines is 1. The SMILES string of the molecule is CN(C(=O)CC1CCCN1)c1ccc(C#N)cc1. The summed E-state index contributed by atoms with van der Waals surface area (Å²) in [5.41, 5.74) is 1.44. The van der Waals surface area contributed by atoms with Gasteiger partial charge in [0.2, 0.25) is 5.91 Å². The minimum Gasteiger partial charge on any atom is -0.315 e. The smallest absolute Gasteiger partial charge is 0.228 e. The van der Waals surface area contributed by atoms with Crippen LogP contribution in [0.4, 0.5) is 5.69 Å². The van der Waals surface area contributed by atoms with E-state index in [9.17, 15) is 4.79 Å². The molecule has 0 bridgehead atoms. The Labute approximate surface area is 107 Å². The third-order valence-electron chi connectivity index (χ3n) is 3.34. The fraction of sp³-hybridized carbons (Fsp3) is 0.429. The fourth-order valence-corrected chi connectivity index (χ4v) is 2.18. The van der Waals surface area contributed by atoms with E-state index >= 15 is 0 Å². The first-order valence-electron chi connectivity index (χ1n) is 6.21. The van der Waals surface area contributed by atoms with Gasteiger partial charge < -0.3 is 10.2 Å². The molecule has 18 heavy (non-hydrogen) atoms. The number of carbonyl (C=O) groups excluding carboxylic acids is 1. The highest BCUT2D eigenvalue weighted by molar-refractivity contribution is 5.93. The summed E-state index contributed by atoms with van der Waals surface area (Å²) in [6.45, 7) is 1.01. The minimum absolute atomic E-state index is 0.110. The summed E-state index contributed by atoms with van der Waals surface area (Å²) in [5.74, 6) is 0.110. The van der Waals surface area contributed by atoms with Gasteiger partial charge in [-0.05, 0) is 43.7 Å². The van der Waals surface area contributed by atoms with Crippen LogP contribution in [0.2, 0.25) is 0 Å². The van der Waals surface area contributed by atoms with Gasteiger partial charge in [-0.25, -0.2) is 0 Å². The molecular weight excluding hydrogens is 226 g/mol. The quantitative estimate of drug-likeness (QED) is 0.878. The predicted molar refractivity (Wildman–Crippen MR) is 70.2 cm³/mol. The molecule has 0 saturated carbocycles. The molecule has 1 aromatic carbocycles. The highest BCUT2D eigenvalue weighted by Gasteiger charge is 2.20. The lowest BCUT2D eigenvalue weighted by atomic mass is 10.1. The Balaban J connectivity index is 1.98. The standard InChI is InChI=1S/C14H17N3O/c1-17(13-6-4-11(10-15)5-7-13)14(18)9-12-3-2-8-16-12/h4-7,12,16H,2-3,8-9H2,1H3. The summed E-state index contributed by atoms with van der Waals surface area (Å²) >= 11 is 0. The normalized spacial score (nSPS) is 18.3. The molecule has 1 heterocycles. The van der Waals surface area contributed by atoms with Gasteiger partial charge in [0.05, 0.1) is 11.6 Å². The van der Waals surface area contributed by atoms with E-state index in [2.05, 4.69) is 11.4 Å². The van der Waals surface area contributed by atoms with E-state index in [4.69, 9.17) is 5.26 Å². The Morgan fingerprint density at radius 3 is 2.78 bits per heavy atom. The van der Waals surface area contributed by atoms with Crippen LogP contribution in [0.25, 0.3) is 0 Å². The molecule has 4 nitrogen and oxygen atoms in total. The topological polar surface area (TPSA) is 56.1 Å². The predicted octanol–water partition coefficient (Wildman–Crippen LogP) is 1.66. The number of benzene rings is 1. The van der Waals surface area contributed by atoms with E-state index in [1.807, 2.05) is 0 Å². The van der Waals surface area contributed by atoms with Crippen molar-refractivity contribution in [2.75, 3.05) is 18.5 Å². The van der Waals surface area contributed by atoms with Crippen molar-refractivity contribution in [2.24, 2.45) is 0 Å². The van der Waals surface area contributed by atoms with Crippen LogP contribution in [0.15, 0.2) is 24.3 Å². The van der Waals surface area contributed by atoms with Crippen molar-refractivity contribution in [1.82, 2.24) is 5.32 Å². The summed E-state index contributed by atoms with van der Waals surface area (Å²) in [4.78, 5) is 13.7. The Hall–Kier alpha value is -1.86. The van der Waals surface area contributed by atoms with E-state index in [1.54, 1.807) is 36.2 Å². The van der Waals surface area contributed by atoms with Gasteiger partial charge in [-0.15, -0.1) is 0 Å². The van der Waals surface area contributed by atoms with Gasteiger partial charge in [0, 0.05) is 25.2 Å². The van der Waals surface area contributed by atoms with Crippen molar-refractivity contribution in [2.45, 2.75) is 25.3 Å². The molecule has 1 fully saturated rings. The maximum atomic E-state index is 12.1. The van der Waals surface area contributed by atoms with Gasteiger partial charge in [-0.3, -0.25) is 4.79 Å². The maximum absolute atomic E-state index is 12.1. The number of hydrogen-bond donors (Lipinski definition) is 1. The van der Waals surface area contributed by atoms with Gasteiger partial charge in [-0.2, -0.15) is 5.26 Å². The number of amides is 1. The number of nitrogens with one attached hydrogen (secondary N) is 1. The first-order valence-corrected chi connectivity index (χ1v) is 6.21. The number of carbonyl (C=O) groups is 1. The van der Waals surface area contributed by atoms with Crippen LogP contribution >= 0.6 is 0 Å². The molecule has 1 saturated heterocycles. The molecule has 0 radical (unpaired) electrons. The zero-order valence-electron chi connectivity index (χ0n) is 10.5. The molecule has 2 rings (SSSR count). The van der Waals surface area contributed by atoms with Crippen LogP contribution in [0, 0.1) is 11.3 Å². The third-order valence-corrected chi connectivity index (χ3v) is 3.34.